The summed E-state index contributed by atoms with van der Waals surface area (Å²) < 4.78 is 0. The van der Waals surface area contributed by atoms with Gasteiger partial charge < -0.3 is 15.5 Å². The van der Waals surface area contributed by atoms with E-state index in [1.165, 1.54) is 32.4 Å². The Kier molecular flexibility index (Phi) is 6.27. The van der Waals surface area contributed by atoms with Crippen LogP contribution in [0.2, 0.25) is 0 Å². The Hall–Kier alpha value is -0.610. The third kappa shape index (κ3) is 4.69. The van der Waals surface area contributed by atoms with Crippen LogP contribution < -0.4 is 5.73 Å². The molecule has 0 aromatic rings. The molecule has 128 valence electrons. The molecule has 2 rings (SSSR count). The summed E-state index contributed by atoms with van der Waals surface area (Å²) in [4.78, 5) is 17.3. The first-order valence-electron chi connectivity index (χ1n) is 9.23. The van der Waals surface area contributed by atoms with E-state index in [0.29, 0.717) is 5.92 Å². The molecule has 2 unspecified atom stereocenters. The van der Waals surface area contributed by atoms with Gasteiger partial charge in [0.15, 0.2) is 0 Å². The third-order valence-electron chi connectivity index (χ3n) is 5.46. The fraction of sp³-hybridized carbons (Fsp3) is 0.944. The Balaban J connectivity index is 1.85. The number of carbonyl (C=O) groups is 1. The molecule has 2 aliphatic rings. The lowest BCUT2D eigenvalue weighted by atomic mass is 9.91. The highest BCUT2D eigenvalue weighted by Crippen LogP contribution is 2.24. The van der Waals surface area contributed by atoms with E-state index in [1.807, 2.05) is 11.8 Å². The summed E-state index contributed by atoms with van der Waals surface area (Å²) in [5.41, 5.74) is 5.56. The second-order valence-electron chi connectivity index (χ2n) is 7.91. The van der Waals surface area contributed by atoms with Gasteiger partial charge in [0.2, 0.25) is 5.91 Å². The lowest BCUT2D eigenvalue weighted by Gasteiger charge is -2.40. The molecule has 4 heteroatoms. The molecule has 0 aliphatic carbocycles. The van der Waals surface area contributed by atoms with E-state index in [9.17, 15) is 4.79 Å². The van der Waals surface area contributed by atoms with Crippen molar-refractivity contribution in [3.8, 4) is 0 Å². The summed E-state index contributed by atoms with van der Waals surface area (Å²) in [5, 5.41) is 0. The predicted octanol–water partition coefficient (Wildman–Crippen LogP) is 2.47. The Labute approximate surface area is 136 Å². The molecular formula is C18H35N3O. The zero-order chi connectivity index (χ0) is 16.2. The molecule has 0 aromatic carbocycles. The number of rotatable bonds is 5. The standard InChI is InChI=1S/C18H35N3O/c1-4-9-18(3,19)17(22)21-10-5-6-16(14-21)13-20-11-7-15(2)8-12-20/h15-16H,4-14,19H2,1-3H3. The minimum absolute atomic E-state index is 0.159. The van der Waals surface area contributed by atoms with Crippen LogP contribution in [0.1, 0.15) is 59.3 Å². The molecule has 2 saturated heterocycles. The molecule has 0 saturated carbocycles. The largest absolute Gasteiger partial charge is 0.341 e. The number of hydrogen-bond acceptors (Lipinski definition) is 3. The molecule has 0 bridgehead atoms. The molecule has 0 radical (unpaired) electrons. The van der Waals surface area contributed by atoms with Gasteiger partial charge in [-0.3, -0.25) is 4.79 Å². The van der Waals surface area contributed by atoms with Crippen molar-refractivity contribution >= 4 is 5.91 Å². The smallest absolute Gasteiger partial charge is 0.242 e. The third-order valence-corrected chi connectivity index (χ3v) is 5.46. The van der Waals surface area contributed by atoms with Gasteiger partial charge in [0.1, 0.15) is 0 Å². The van der Waals surface area contributed by atoms with E-state index in [1.54, 1.807) is 0 Å². The molecule has 4 nitrogen and oxygen atoms in total. The van der Waals surface area contributed by atoms with Gasteiger partial charge >= 0.3 is 0 Å². The maximum absolute atomic E-state index is 12.7. The van der Waals surface area contributed by atoms with E-state index in [-0.39, 0.29) is 5.91 Å². The van der Waals surface area contributed by atoms with Crippen LogP contribution in [0.15, 0.2) is 0 Å². The fourth-order valence-corrected chi connectivity index (χ4v) is 4.00. The zero-order valence-electron chi connectivity index (χ0n) is 14.8. The van der Waals surface area contributed by atoms with Crippen molar-refractivity contribution in [1.29, 1.82) is 0 Å². The predicted molar refractivity (Wildman–Crippen MR) is 91.6 cm³/mol. The molecule has 0 spiro atoms. The maximum Gasteiger partial charge on any atom is 0.242 e. The summed E-state index contributed by atoms with van der Waals surface area (Å²) in [6.45, 7) is 11.8. The van der Waals surface area contributed by atoms with Crippen LogP contribution in [-0.2, 0) is 4.79 Å². The summed E-state index contributed by atoms with van der Waals surface area (Å²) in [7, 11) is 0. The first kappa shape index (κ1) is 17.7. The van der Waals surface area contributed by atoms with Crippen molar-refractivity contribution in [2.45, 2.75) is 64.8 Å². The molecule has 2 fully saturated rings. The van der Waals surface area contributed by atoms with Crippen molar-refractivity contribution in [2.75, 3.05) is 32.7 Å². The van der Waals surface area contributed by atoms with Crippen LogP contribution in [0.5, 0.6) is 0 Å². The Morgan fingerprint density at radius 2 is 1.91 bits per heavy atom. The summed E-state index contributed by atoms with van der Waals surface area (Å²) in [5.74, 6) is 1.67. The van der Waals surface area contributed by atoms with Crippen molar-refractivity contribution in [1.82, 2.24) is 9.80 Å². The molecule has 22 heavy (non-hydrogen) atoms. The van der Waals surface area contributed by atoms with E-state index in [4.69, 9.17) is 5.73 Å². The Morgan fingerprint density at radius 1 is 1.23 bits per heavy atom. The summed E-state index contributed by atoms with van der Waals surface area (Å²) >= 11 is 0. The molecule has 2 N–H and O–H groups in total. The number of piperidine rings is 2. The van der Waals surface area contributed by atoms with Crippen molar-refractivity contribution in [2.24, 2.45) is 17.6 Å². The van der Waals surface area contributed by atoms with Crippen molar-refractivity contribution in [3.05, 3.63) is 0 Å². The second kappa shape index (κ2) is 7.78. The van der Waals surface area contributed by atoms with Crippen LogP contribution in [0.4, 0.5) is 0 Å². The van der Waals surface area contributed by atoms with E-state index < -0.39 is 5.54 Å². The molecular weight excluding hydrogens is 274 g/mol. The summed E-state index contributed by atoms with van der Waals surface area (Å²) in [6.07, 6.45) is 6.77. The average Bonchev–Trinajstić information content (AvgIpc) is 2.49. The molecule has 2 atom stereocenters. The minimum atomic E-state index is -0.683. The fourth-order valence-electron chi connectivity index (χ4n) is 4.00. The van der Waals surface area contributed by atoms with Crippen molar-refractivity contribution in [3.63, 3.8) is 0 Å². The van der Waals surface area contributed by atoms with E-state index in [0.717, 1.165) is 44.8 Å². The van der Waals surface area contributed by atoms with Gasteiger partial charge in [-0.25, -0.2) is 0 Å². The number of nitrogens with zero attached hydrogens (tertiary/aromatic N) is 2. The number of nitrogens with two attached hydrogens (primary N) is 1. The van der Waals surface area contributed by atoms with Crippen LogP contribution >= 0.6 is 0 Å². The van der Waals surface area contributed by atoms with Gasteiger partial charge in [0.25, 0.3) is 0 Å². The first-order chi connectivity index (χ1) is 10.4. The number of hydrogen-bond donors (Lipinski definition) is 1. The van der Waals surface area contributed by atoms with Crippen LogP contribution in [0.25, 0.3) is 0 Å². The zero-order valence-corrected chi connectivity index (χ0v) is 14.8. The minimum Gasteiger partial charge on any atom is -0.341 e. The van der Waals surface area contributed by atoms with Gasteiger partial charge in [-0.05, 0) is 64.0 Å². The number of likely N-dealkylation sites (tertiary alicyclic amines) is 2. The number of amides is 1. The highest BCUT2D eigenvalue weighted by atomic mass is 16.2. The van der Waals surface area contributed by atoms with Crippen LogP contribution in [-0.4, -0.2) is 54.0 Å². The van der Waals surface area contributed by atoms with Gasteiger partial charge in [0, 0.05) is 19.6 Å². The highest BCUT2D eigenvalue weighted by molar-refractivity contribution is 5.85. The molecule has 2 aliphatic heterocycles. The van der Waals surface area contributed by atoms with Crippen molar-refractivity contribution < 1.29 is 4.79 Å². The quantitative estimate of drug-likeness (QED) is 0.849. The van der Waals surface area contributed by atoms with Gasteiger partial charge in [-0.2, -0.15) is 0 Å². The molecule has 0 aromatic heterocycles. The van der Waals surface area contributed by atoms with Gasteiger partial charge in [-0.15, -0.1) is 0 Å². The average molecular weight is 309 g/mol. The van der Waals surface area contributed by atoms with Crippen LogP contribution in [0.3, 0.4) is 0 Å². The molecule has 2 heterocycles. The van der Waals surface area contributed by atoms with Gasteiger partial charge in [-0.1, -0.05) is 20.3 Å². The molecule has 1 amide bonds. The topological polar surface area (TPSA) is 49.6 Å². The van der Waals surface area contributed by atoms with E-state index >= 15 is 0 Å². The highest BCUT2D eigenvalue weighted by Gasteiger charge is 2.34. The SMILES string of the molecule is CCCC(C)(N)C(=O)N1CCCC(CN2CCC(C)CC2)C1. The Bertz CT molecular complexity index is 361. The van der Waals surface area contributed by atoms with E-state index in [2.05, 4.69) is 18.7 Å². The number of carbonyl (C=O) groups excluding carboxylic acids is 1. The van der Waals surface area contributed by atoms with Crippen LogP contribution in [0, 0.1) is 11.8 Å². The monoisotopic (exact) mass is 309 g/mol. The second-order valence-corrected chi connectivity index (χ2v) is 7.91. The normalized spacial score (nSPS) is 27.6. The lowest BCUT2D eigenvalue weighted by molar-refractivity contribution is -0.138. The Morgan fingerprint density at radius 3 is 2.55 bits per heavy atom. The lowest BCUT2D eigenvalue weighted by Crippen LogP contribution is -2.56. The maximum atomic E-state index is 12.7. The van der Waals surface area contributed by atoms with Gasteiger partial charge in [0.05, 0.1) is 5.54 Å². The summed E-state index contributed by atoms with van der Waals surface area (Å²) in [6, 6.07) is 0. The first-order valence-corrected chi connectivity index (χ1v) is 9.23.